The zero-order valence-electron chi connectivity index (χ0n) is 11.2. The van der Waals surface area contributed by atoms with Gasteiger partial charge in [0.05, 0.1) is 18.0 Å². The van der Waals surface area contributed by atoms with Gasteiger partial charge in [-0.15, -0.1) is 0 Å². The summed E-state index contributed by atoms with van der Waals surface area (Å²) in [6.07, 6.45) is 0.566. The SMILES string of the molecule is COc1nc(F)c(Cl)c2[nH]c3c(c12)CN(C(=O)CO)CC3. The lowest BCUT2D eigenvalue weighted by Crippen LogP contribution is -2.37. The molecule has 3 heterocycles. The van der Waals surface area contributed by atoms with Crippen LogP contribution in [0.5, 0.6) is 5.88 Å². The predicted molar refractivity (Wildman–Crippen MR) is 73.8 cm³/mol. The van der Waals surface area contributed by atoms with Crippen molar-refractivity contribution in [3.63, 3.8) is 0 Å². The summed E-state index contributed by atoms with van der Waals surface area (Å²) in [5, 5.41) is 9.45. The maximum absolute atomic E-state index is 13.7. The van der Waals surface area contributed by atoms with Gasteiger partial charge < -0.3 is 19.7 Å². The fourth-order valence-corrected chi connectivity index (χ4v) is 2.84. The lowest BCUT2D eigenvalue weighted by Gasteiger charge is -2.26. The molecule has 8 heteroatoms. The first-order valence-electron chi connectivity index (χ1n) is 6.37. The molecule has 0 saturated carbocycles. The zero-order chi connectivity index (χ0) is 15.1. The summed E-state index contributed by atoms with van der Waals surface area (Å²) >= 11 is 5.96. The number of carbonyl (C=O) groups excluding carboxylic acids is 1. The van der Waals surface area contributed by atoms with Crippen LogP contribution in [0.2, 0.25) is 5.02 Å². The Balaban J connectivity index is 2.18. The summed E-state index contributed by atoms with van der Waals surface area (Å²) in [4.78, 5) is 20.0. The summed E-state index contributed by atoms with van der Waals surface area (Å²) in [6.45, 7) is 0.242. The summed E-state index contributed by atoms with van der Waals surface area (Å²) in [7, 11) is 1.40. The van der Waals surface area contributed by atoms with E-state index in [-0.39, 0.29) is 16.8 Å². The van der Waals surface area contributed by atoms with Gasteiger partial charge in [-0.25, -0.2) is 0 Å². The number of amides is 1. The van der Waals surface area contributed by atoms with Crippen LogP contribution in [0.1, 0.15) is 11.3 Å². The van der Waals surface area contributed by atoms with Crippen molar-refractivity contribution in [3.05, 3.63) is 22.2 Å². The molecule has 0 unspecified atom stereocenters. The fourth-order valence-electron chi connectivity index (χ4n) is 2.65. The molecule has 112 valence electrons. The number of carbonyl (C=O) groups is 1. The highest BCUT2D eigenvalue weighted by Gasteiger charge is 2.27. The minimum atomic E-state index is -0.803. The van der Waals surface area contributed by atoms with Gasteiger partial charge in [-0.3, -0.25) is 4.79 Å². The van der Waals surface area contributed by atoms with Crippen LogP contribution in [-0.2, 0) is 17.8 Å². The molecule has 0 bridgehead atoms. The third-order valence-corrected chi connectivity index (χ3v) is 4.01. The average Bonchev–Trinajstić information content (AvgIpc) is 2.89. The number of H-pyrrole nitrogens is 1. The molecule has 1 aliphatic rings. The second-order valence-corrected chi connectivity index (χ2v) is 5.16. The summed E-state index contributed by atoms with van der Waals surface area (Å²) in [6, 6.07) is 0. The largest absolute Gasteiger partial charge is 0.480 e. The maximum atomic E-state index is 13.7. The maximum Gasteiger partial charge on any atom is 0.248 e. The highest BCUT2D eigenvalue weighted by molar-refractivity contribution is 6.35. The van der Waals surface area contributed by atoms with Crippen LogP contribution >= 0.6 is 11.6 Å². The number of aromatic amines is 1. The van der Waals surface area contributed by atoms with E-state index in [1.165, 1.54) is 12.0 Å². The minimum absolute atomic E-state index is 0.0970. The summed E-state index contributed by atoms with van der Waals surface area (Å²) in [5.74, 6) is -1.03. The van der Waals surface area contributed by atoms with Gasteiger partial charge in [-0.1, -0.05) is 11.6 Å². The quantitative estimate of drug-likeness (QED) is 0.818. The van der Waals surface area contributed by atoms with Crippen LogP contribution in [0, 0.1) is 5.95 Å². The molecule has 0 atom stereocenters. The van der Waals surface area contributed by atoms with Gasteiger partial charge in [0, 0.05) is 30.8 Å². The van der Waals surface area contributed by atoms with E-state index in [0.717, 1.165) is 11.3 Å². The van der Waals surface area contributed by atoms with Crippen molar-refractivity contribution in [2.45, 2.75) is 13.0 Å². The molecule has 0 fully saturated rings. The topological polar surface area (TPSA) is 78.5 Å². The molecule has 0 radical (unpaired) electrons. The van der Waals surface area contributed by atoms with E-state index in [0.29, 0.717) is 30.4 Å². The summed E-state index contributed by atoms with van der Waals surface area (Å²) < 4.78 is 18.8. The van der Waals surface area contributed by atoms with Crippen molar-refractivity contribution < 1.29 is 19.0 Å². The number of aliphatic hydroxyl groups excluding tert-OH is 1. The van der Waals surface area contributed by atoms with Crippen molar-refractivity contribution in [1.82, 2.24) is 14.9 Å². The number of nitrogens with zero attached hydrogens (tertiary/aromatic N) is 2. The number of pyridine rings is 1. The van der Waals surface area contributed by atoms with Crippen LogP contribution in [0.25, 0.3) is 10.9 Å². The number of aromatic nitrogens is 2. The van der Waals surface area contributed by atoms with Gasteiger partial charge in [-0.05, 0) is 0 Å². The number of hydrogen-bond acceptors (Lipinski definition) is 4. The molecular formula is C13H13ClFN3O3. The molecule has 0 aromatic carbocycles. The third-order valence-electron chi connectivity index (χ3n) is 3.67. The number of halogens is 2. The Morgan fingerprint density at radius 1 is 1.62 bits per heavy atom. The van der Waals surface area contributed by atoms with Crippen LogP contribution in [0.3, 0.4) is 0 Å². The predicted octanol–water partition coefficient (Wildman–Crippen LogP) is 1.24. The number of methoxy groups -OCH3 is 1. The second kappa shape index (κ2) is 5.16. The van der Waals surface area contributed by atoms with Crippen LogP contribution in [-0.4, -0.2) is 46.1 Å². The molecular weight excluding hydrogens is 301 g/mol. The molecule has 2 aromatic heterocycles. The highest BCUT2D eigenvalue weighted by atomic mass is 35.5. The van der Waals surface area contributed by atoms with Gasteiger partial charge in [-0.2, -0.15) is 9.37 Å². The van der Waals surface area contributed by atoms with Crippen LogP contribution in [0.4, 0.5) is 4.39 Å². The molecule has 21 heavy (non-hydrogen) atoms. The van der Waals surface area contributed by atoms with E-state index in [9.17, 15) is 9.18 Å². The minimum Gasteiger partial charge on any atom is -0.480 e. The lowest BCUT2D eigenvalue weighted by atomic mass is 10.1. The molecule has 0 aliphatic carbocycles. The van der Waals surface area contributed by atoms with E-state index in [1.54, 1.807) is 0 Å². The number of nitrogens with one attached hydrogen (secondary N) is 1. The molecule has 2 aromatic rings. The van der Waals surface area contributed by atoms with Gasteiger partial charge in [0.25, 0.3) is 0 Å². The van der Waals surface area contributed by atoms with Crippen molar-refractivity contribution in [3.8, 4) is 5.88 Å². The molecule has 6 nitrogen and oxygen atoms in total. The van der Waals surface area contributed by atoms with Crippen molar-refractivity contribution in [1.29, 1.82) is 0 Å². The lowest BCUT2D eigenvalue weighted by molar-refractivity contribution is -0.135. The first-order chi connectivity index (χ1) is 10.1. The van der Waals surface area contributed by atoms with E-state index in [1.807, 2.05) is 0 Å². The van der Waals surface area contributed by atoms with Crippen molar-refractivity contribution in [2.75, 3.05) is 20.3 Å². The molecule has 0 spiro atoms. The van der Waals surface area contributed by atoms with E-state index < -0.39 is 12.6 Å². The summed E-state index contributed by atoms with van der Waals surface area (Å²) in [5.41, 5.74) is 2.09. The van der Waals surface area contributed by atoms with Crippen molar-refractivity contribution >= 4 is 28.4 Å². The Morgan fingerprint density at radius 3 is 3.05 bits per heavy atom. The van der Waals surface area contributed by atoms with Crippen LogP contribution < -0.4 is 4.74 Å². The Hall–Kier alpha value is -1.86. The second-order valence-electron chi connectivity index (χ2n) is 4.78. The van der Waals surface area contributed by atoms with Gasteiger partial charge in [0.1, 0.15) is 11.6 Å². The number of aliphatic hydroxyl groups is 1. The fraction of sp³-hybridized carbons (Fsp3) is 0.385. The standard InChI is InChI=1S/C13H13ClFN3O3/c1-21-13-9-6-4-18(8(20)5-19)3-2-7(6)16-11(9)10(14)12(15)17-13/h16,19H,2-5H2,1H3. The Bertz CT molecular complexity index is 731. The van der Waals surface area contributed by atoms with Gasteiger partial charge in [0.2, 0.25) is 17.7 Å². The normalized spacial score (nSPS) is 14.4. The van der Waals surface area contributed by atoms with Crippen molar-refractivity contribution in [2.24, 2.45) is 0 Å². The monoisotopic (exact) mass is 313 g/mol. The number of ether oxygens (including phenoxy) is 1. The van der Waals surface area contributed by atoms with Gasteiger partial charge in [0.15, 0.2) is 0 Å². The van der Waals surface area contributed by atoms with E-state index >= 15 is 0 Å². The van der Waals surface area contributed by atoms with E-state index in [4.69, 9.17) is 21.4 Å². The first-order valence-corrected chi connectivity index (χ1v) is 6.75. The Kier molecular flexibility index (Phi) is 3.46. The van der Waals surface area contributed by atoms with Crippen LogP contribution in [0.15, 0.2) is 0 Å². The number of fused-ring (bicyclic) bond motifs is 3. The number of rotatable bonds is 2. The van der Waals surface area contributed by atoms with Gasteiger partial charge >= 0.3 is 0 Å². The first kappa shape index (κ1) is 14.1. The average molecular weight is 314 g/mol. The third kappa shape index (κ3) is 2.13. The number of hydrogen-bond donors (Lipinski definition) is 2. The molecule has 0 saturated heterocycles. The Labute approximate surface area is 124 Å². The smallest absolute Gasteiger partial charge is 0.248 e. The molecule has 1 aliphatic heterocycles. The highest BCUT2D eigenvalue weighted by Crippen LogP contribution is 2.37. The molecule has 1 amide bonds. The molecule has 2 N–H and O–H groups in total. The van der Waals surface area contributed by atoms with E-state index in [2.05, 4.69) is 9.97 Å². The zero-order valence-corrected chi connectivity index (χ0v) is 12.0. The molecule has 3 rings (SSSR count). The Morgan fingerprint density at radius 2 is 2.38 bits per heavy atom.